The highest BCUT2D eigenvalue weighted by molar-refractivity contribution is 5.94. The van der Waals surface area contributed by atoms with Gasteiger partial charge in [0.25, 0.3) is 11.6 Å². The van der Waals surface area contributed by atoms with E-state index >= 15 is 0 Å². The summed E-state index contributed by atoms with van der Waals surface area (Å²) in [4.78, 5) is 46.9. The average Bonchev–Trinajstić information content (AvgIpc) is 2.99. The van der Waals surface area contributed by atoms with Gasteiger partial charge in [0.2, 0.25) is 11.7 Å². The van der Waals surface area contributed by atoms with Crippen molar-refractivity contribution in [1.29, 1.82) is 0 Å². The smallest absolute Gasteiger partial charge is 0.343 e. The van der Waals surface area contributed by atoms with Crippen LogP contribution in [0.2, 0.25) is 0 Å². The maximum absolute atomic E-state index is 12.6. The fourth-order valence-corrected chi connectivity index (χ4v) is 3.51. The van der Waals surface area contributed by atoms with E-state index < -0.39 is 16.8 Å². The largest absolute Gasteiger partial charge is 0.493 e. The number of hydrazone groups is 1. The van der Waals surface area contributed by atoms with E-state index in [1.54, 1.807) is 24.3 Å². The van der Waals surface area contributed by atoms with Crippen molar-refractivity contribution in [3.63, 3.8) is 0 Å². The van der Waals surface area contributed by atoms with Gasteiger partial charge in [-0.3, -0.25) is 19.7 Å². The molecule has 0 fully saturated rings. The van der Waals surface area contributed by atoms with Crippen molar-refractivity contribution in [3.05, 3.63) is 87.5 Å². The van der Waals surface area contributed by atoms with E-state index in [0.717, 1.165) is 0 Å². The van der Waals surface area contributed by atoms with E-state index in [9.17, 15) is 24.5 Å². The molecule has 41 heavy (non-hydrogen) atoms. The van der Waals surface area contributed by atoms with Gasteiger partial charge in [-0.1, -0.05) is 0 Å². The van der Waals surface area contributed by atoms with Crippen LogP contribution in [0.15, 0.2) is 65.8 Å². The molecule has 0 spiro atoms. The Morgan fingerprint density at radius 3 is 2.10 bits per heavy atom. The minimum atomic E-state index is -0.623. The number of benzene rings is 3. The first-order valence-electron chi connectivity index (χ1n) is 12.2. The monoisotopic (exact) mass is 564 g/mol. The number of carbonyl (C=O) groups excluding carboxylic acids is 3. The Balaban J connectivity index is 1.42. The number of esters is 1. The highest BCUT2D eigenvalue weighted by Crippen LogP contribution is 2.38. The van der Waals surface area contributed by atoms with Crippen molar-refractivity contribution < 1.29 is 38.3 Å². The zero-order chi connectivity index (χ0) is 29.8. The predicted octanol–water partition coefficient (Wildman–Crippen LogP) is 3.50. The molecule has 0 radical (unpaired) electrons. The lowest BCUT2D eigenvalue weighted by molar-refractivity contribution is -0.384. The van der Waals surface area contributed by atoms with Crippen LogP contribution >= 0.6 is 0 Å². The van der Waals surface area contributed by atoms with Gasteiger partial charge in [0.05, 0.1) is 38.0 Å². The van der Waals surface area contributed by atoms with Gasteiger partial charge in [-0.2, -0.15) is 5.10 Å². The van der Waals surface area contributed by atoms with E-state index in [2.05, 4.69) is 15.8 Å². The molecule has 3 rings (SSSR count). The van der Waals surface area contributed by atoms with Crippen molar-refractivity contribution in [1.82, 2.24) is 10.7 Å². The van der Waals surface area contributed by atoms with Gasteiger partial charge >= 0.3 is 5.97 Å². The lowest BCUT2D eigenvalue weighted by Crippen LogP contribution is -2.26. The Morgan fingerprint density at radius 1 is 0.902 bits per heavy atom. The third-order valence-electron chi connectivity index (χ3n) is 5.60. The molecule has 3 aromatic rings. The maximum atomic E-state index is 12.6. The second kappa shape index (κ2) is 14.6. The van der Waals surface area contributed by atoms with Crippen LogP contribution in [0, 0.1) is 10.1 Å². The number of non-ortho nitro benzene ring substituents is 1. The summed E-state index contributed by atoms with van der Waals surface area (Å²) in [6, 6.07) is 14.7. The zero-order valence-corrected chi connectivity index (χ0v) is 22.5. The molecule has 0 bridgehead atoms. The highest BCUT2D eigenvalue weighted by Gasteiger charge is 2.18. The van der Waals surface area contributed by atoms with Crippen LogP contribution in [-0.2, 0) is 4.79 Å². The van der Waals surface area contributed by atoms with Crippen molar-refractivity contribution in [3.8, 4) is 23.0 Å². The molecule has 0 saturated carbocycles. The Bertz CT molecular complexity index is 1400. The molecule has 0 aliphatic rings. The third kappa shape index (κ3) is 8.51. The molecule has 0 heterocycles. The number of nitrogens with one attached hydrogen (secondary N) is 2. The number of nitro groups is 1. The molecule has 2 N–H and O–H groups in total. The molecular weight excluding hydrogens is 536 g/mol. The first-order valence-corrected chi connectivity index (χ1v) is 12.2. The minimum Gasteiger partial charge on any atom is -0.493 e. The molecule has 3 aromatic carbocycles. The number of hydrogen-bond acceptors (Lipinski definition) is 10. The van der Waals surface area contributed by atoms with Crippen molar-refractivity contribution in [2.45, 2.75) is 12.8 Å². The van der Waals surface area contributed by atoms with Crippen molar-refractivity contribution in [2.24, 2.45) is 5.10 Å². The predicted molar refractivity (Wildman–Crippen MR) is 148 cm³/mol. The fraction of sp³-hybridized carbons (Fsp3) is 0.214. The van der Waals surface area contributed by atoms with Crippen LogP contribution in [0.5, 0.6) is 23.0 Å². The molecule has 13 nitrogen and oxygen atoms in total. The van der Waals surface area contributed by atoms with Gasteiger partial charge in [0, 0.05) is 30.7 Å². The van der Waals surface area contributed by atoms with Crippen LogP contribution in [-0.4, -0.2) is 56.8 Å². The topological polar surface area (TPSA) is 168 Å². The molecule has 0 saturated heterocycles. The third-order valence-corrected chi connectivity index (χ3v) is 5.60. The molecule has 2 amide bonds. The van der Waals surface area contributed by atoms with E-state index in [1.807, 2.05) is 0 Å². The van der Waals surface area contributed by atoms with Crippen molar-refractivity contribution >= 4 is 29.7 Å². The van der Waals surface area contributed by atoms with Gasteiger partial charge < -0.3 is 24.3 Å². The quantitative estimate of drug-likeness (QED) is 0.0788. The minimum absolute atomic E-state index is 0.106. The molecule has 13 heteroatoms. The van der Waals surface area contributed by atoms with Crippen LogP contribution in [0.3, 0.4) is 0 Å². The lowest BCUT2D eigenvalue weighted by atomic mass is 10.2. The summed E-state index contributed by atoms with van der Waals surface area (Å²) >= 11 is 0. The Labute approximate surface area is 235 Å². The van der Waals surface area contributed by atoms with E-state index in [-0.39, 0.29) is 35.7 Å². The Kier molecular flexibility index (Phi) is 10.7. The second-order valence-electron chi connectivity index (χ2n) is 8.33. The van der Waals surface area contributed by atoms with Crippen LogP contribution in [0.1, 0.15) is 39.1 Å². The summed E-state index contributed by atoms with van der Waals surface area (Å²) in [5.41, 5.74) is 3.43. The van der Waals surface area contributed by atoms with E-state index in [1.165, 1.54) is 63.9 Å². The first-order chi connectivity index (χ1) is 19.7. The summed E-state index contributed by atoms with van der Waals surface area (Å²) < 4.78 is 21.2. The zero-order valence-electron chi connectivity index (χ0n) is 22.5. The van der Waals surface area contributed by atoms with Gasteiger partial charge in [-0.25, -0.2) is 10.2 Å². The number of carbonyl (C=O) groups is 3. The number of ether oxygens (including phenoxy) is 4. The number of nitro benzene ring substituents is 1. The van der Waals surface area contributed by atoms with Crippen LogP contribution in [0.4, 0.5) is 5.69 Å². The van der Waals surface area contributed by atoms with Gasteiger partial charge in [-0.05, 0) is 60.5 Å². The normalized spacial score (nSPS) is 10.5. The summed E-state index contributed by atoms with van der Waals surface area (Å²) in [7, 11) is 4.35. The van der Waals surface area contributed by atoms with Gasteiger partial charge in [-0.15, -0.1) is 0 Å². The van der Waals surface area contributed by atoms with Gasteiger partial charge in [0.15, 0.2) is 11.5 Å². The number of amides is 2. The number of rotatable bonds is 13. The molecule has 0 aliphatic carbocycles. The number of hydrogen-bond donors (Lipinski definition) is 2. The number of nitrogens with zero attached hydrogens (tertiary/aromatic N) is 2. The molecule has 0 atom stereocenters. The second-order valence-corrected chi connectivity index (χ2v) is 8.33. The Hall–Kier alpha value is -5.46. The highest BCUT2D eigenvalue weighted by atomic mass is 16.6. The summed E-state index contributed by atoms with van der Waals surface area (Å²) in [5.74, 6) is -0.0761. The summed E-state index contributed by atoms with van der Waals surface area (Å²) in [6.07, 6.45) is 1.92. The number of methoxy groups -OCH3 is 3. The lowest BCUT2D eigenvalue weighted by Gasteiger charge is -2.13. The van der Waals surface area contributed by atoms with E-state index in [4.69, 9.17) is 18.9 Å². The Morgan fingerprint density at radius 2 is 1.54 bits per heavy atom. The molecule has 0 unspecified atom stereocenters. The SMILES string of the molecule is COc1cc(C(=O)Oc2ccc(/C=N/NC(=O)CCCNC(=O)c3ccc([N+](=O)[O-])cc3)cc2)cc(OC)c1OC. The average molecular weight is 565 g/mol. The maximum Gasteiger partial charge on any atom is 0.343 e. The van der Waals surface area contributed by atoms with Crippen LogP contribution in [0.25, 0.3) is 0 Å². The van der Waals surface area contributed by atoms with E-state index in [0.29, 0.717) is 35.0 Å². The summed E-state index contributed by atoms with van der Waals surface area (Å²) in [6.45, 7) is 0.239. The summed E-state index contributed by atoms with van der Waals surface area (Å²) in [5, 5.41) is 17.2. The molecule has 0 aliphatic heterocycles. The van der Waals surface area contributed by atoms with Crippen molar-refractivity contribution in [2.75, 3.05) is 27.9 Å². The molecule has 214 valence electrons. The van der Waals surface area contributed by atoms with Gasteiger partial charge in [0.1, 0.15) is 5.75 Å². The molecular formula is C28H28N4O9. The van der Waals surface area contributed by atoms with Crippen LogP contribution < -0.4 is 29.7 Å². The fourth-order valence-electron chi connectivity index (χ4n) is 3.51. The first kappa shape index (κ1) is 30.1. The molecule has 0 aromatic heterocycles. The standard InChI is InChI=1S/C28H28N4O9/c1-38-23-15-20(16-24(39-2)26(23)40-3)28(35)41-22-12-6-18(7-13-22)17-30-31-25(33)5-4-14-29-27(34)19-8-10-21(11-9-19)32(36)37/h6-13,15-17H,4-5,14H2,1-3H3,(H,29,34)(H,31,33)/b30-17+.